The van der Waals surface area contributed by atoms with Gasteiger partial charge >= 0.3 is 0 Å². The number of hydrogen-bond donors (Lipinski definition) is 2. The topological polar surface area (TPSA) is 89.4 Å². The van der Waals surface area contributed by atoms with E-state index in [0.29, 0.717) is 0 Å². The lowest BCUT2D eigenvalue weighted by atomic mass is 11.6. The van der Waals surface area contributed by atoms with Crippen LogP contribution in [0.1, 0.15) is 0 Å². The molecule has 0 rings (SSSR count). The van der Waals surface area contributed by atoms with Crippen LogP contribution in [0.2, 0.25) is 0 Å². The highest BCUT2D eigenvalue weighted by Crippen LogP contribution is 1.38. The molecule has 0 aromatic rings. The molecule has 38 valence electrons. The summed E-state index contributed by atoms with van der Waals surface area (Å²) in [6, 6.07) is 0. The Morgan fingerprint density at radius 3 is 1.83 bits per heavy atom. The van der Waals surface area contributed by atoms with Crippen LogP contribution in [0.4, 0.5) is 0 Å². The number of rotatable bonds is 0. The normalized spacial score (nSPS) is 5.00. The van der Waals surface area contributed by atoms with Crippen LogP contribution in [0.5, 0.6) is 0 Å². The fourth-order valence-electron chi connectivity index (χ4n) is 0. The van der Waals surface area contributed by atoms with Gasteiger partial charge in [0.2, 0.25) is 0 Å². The van der Waals surface area contributed by atoms with Crippen LogP contribution >= 0.6 is 0 Å². The van der Waals surface area contributed by atoms with Crippen molar-refractivity contribution in [1.82, 2.24) is 0 Å². The third-order valence-electron chi connectivity index (χ3n) is 0. The van der Waals surface area contributed by atoms with Gasteiger partial charge in [0.05, 0.1) is 0 Å². The van der Waals surface area contributed by atoms with Crippen LogP contribution in [0.3, 0.4) is 0 Å². The lowest BCUT2D eigenvalue weighted by molar-refractivity contribution is -0.742. The molecule has 0 aromatic carbocycles. The van der Waals surface area contributed by atoms with Crippen molar-refractivity contribution in [2.45, 2.75) is 0 Å². The van der Waals surface area contributed by atoms with Crippen molar-refractivity contribution >= 4 is 0 Å². The fraction of sp³-hybridized carbons (Fsp3) is 1.00. The molecule has 0 aliphatic carbocycles. The van der Waals surface area contributed by atoms with Gasteiger partial charge in [0, 0.05) is 0 Å². The van der Waals surface area contributed by atoms with Crippen LogP contribution in [0.15, 0.2) is 0 Å². The standard InChI is InChI=1S/CH5N.HNO3/c1-2;2-1(3)4/h2H2,1H3;(H,2,3,4). The first-order valence-electron chi connectivity index (χ1n) is 1.14. The molecule has 0 fully saturated rings. The van der Waals surface area contributed by atoms with E-state index in [2.05, 4.69) is 5.73 Å². The Kier molecular flexibility index (Phi) is 13.3. The Balaban J connectivity index is 0. The Morgan fingerprint density at radius 2 is 1.83 bits per heavy atom. The summed E-state index contributed by atoms with van der Waals surface area (Å²) in [6.07, 6.45) is 0. The number of hydrogen-bond acceptors (Lipinski definition) is 3. The molecule has 6 heavy (non-hydrogen) atoms. The van der Waals surface area contributed by atoms with E-state index in [1.807, 2.05) is 0 Å². The Morgan fingerprint density at radius 1 is 1.83 bits per heavy atom. The van der Waals surface area contributed by atoms with Gasteiger partial charge in [-0.3, -0.25) is 0 Å². The van der Waals surface area contributed by atoms with Crippen molar-refractivity contribution < 1.29 is 10.3 Å². The van der Waals surface area contributed by atoms with Gasteiger partial charge < -0.3 is 10.9 Å². The lowest BCUT2D eigenvalue weighted by Crippen LogP contribution is -1.81. The van der Waals surface area contributed by atoms with Gasteiger partial charge in [-0.05, 0) is 7.05 Å². The maximum atomic E-state index is 8.36. The van der Waals surface area contributed by atoms with E-state index in [1.54, 1.807) is 0 Å². The summed E-state index contributed by atoms with van der Waals surface area (Å²) in [7, 11) is 1.50. The molecular formula is CH6N2O3. The van der Waals surface area contributed by atoms with Crippen molar-refractivity contribution in [3.63, 3.8) is 0 Å². The summed E-state index contributed by atoms with van der Waals surface area (Å²) in [6.45, 7) is 0. The Labute approximate surface area is 34.5 Å². The van der Waals surface area contributed by atoms with Crippen LogP contribution in [0.25, 0.3) is 0 Å². The van der Waals surface area contributed by atoms with Gasteiger partial charge in [-0.15, -0.1) is 10.1 Å². The van der Waals surface area contributed by atoms with Crippen LogP contribution < -0.4 is 5.73 Å². The maximum Gasteiger partial charge on any atom is 0.291 e. The predicted octanol–water partition coefficient (Wildman–Crippen LogP) is -0.773. The van der Waals surface area contributed by atoms with E-state index >= 15 is 0 Å². The monoisotopic (exact) mass is 94.0 g/mol. The van der Waals surface area contributed by atoms with E-state index in [1.165, 1.54) is 7.05 Å². The third kappa shape index (κ3) is 20.9. The quantitative estimate of drug-likeness (QED) is 0.304. The average Bonchev–Trinajstić information content (AvgIpc) is 1.41. The van der Waals surface area contributed by atoms with E-state index < -0.39 is 5.09 Å². The molecule has 0 radical (unpaired) electrons. The lowest BCUT2D eigenvalue weighted by Gasteiger charge is -1.56. The Hall–Kier alpha value is -0.840. The zero-order chi connectivity index (χ0) is 5.58. The SMILES string of the molecule is CN.O=[N+]([O-])O. The second-order valence-corrected chi connectivity index (χ2v) is 0.238. The number of nitrogens with two attached hydrogens (primary N) is 1. The number of nitrogens with zero attached hydrogens (tertiary/aromatic N) is 1. The molecule has 0 aliphatic rings. The molecule has 0 aromatic heterocycles. The van der Waals surface area contributed by atoms with Crippen molar-refractivity contribution in [2.24, 2.45) is 5.73 Å². The molecular weight excluding hydrogens is 88.0 g/mol. The van der Waals surface area contributed by atoms with Crippen LogP contribution in [-0.4, -0.2) is 17.3 Å². The first-order chi connectivity index (χ1) is 2.73. The molecule has 0 unspecified atom stereocenters. The Bertz CT molecular complexity index is 31.8. The van der Waals surface area contributed by atoms with Gasteiger partial charge in [-0.1, -0.05) is 0 Å². The highest BCUT2D eigenvalue weighted by Gasteiger charge is 1.65. The first kappa shape index (κ1) is 8.94. The molecule has 0 heterocycles. The van der Waals surface area contributed by atoms with E-state index in [0.717, 1.165) is 0 Å². The largest absolute Gasteiger partial charge is 0.333 e. The van der Waals surface area contributed by atoms with E-state index in [4.69, 9.17) is 15.3 Å². The molecule has 0 spiro atoms. The second-order valence-electron chi connectivity index (χ2n) is 0.238. The summed E-state index contributed by atoms with van der Waals surface area (Å²) >= 11 is 0. The van der Waals surface area contributed by atoms with Crippen LogP contribution in [0, 0.1) is 10.1 Å². The average molecular weight is 94.1 g/mol. The van der Waals surface area contributed by atoms with Crippen molar-refractivity contribution in [2.75, 3.05) is 7.05 Å². The molecule has 5 heteroatoms. The molecule has 0 bridgehead atoms. The third-order valence-corrected chi connectivity index (χ3v) is 0. The van der Waals surface area contributed by atoms with Crippen molar-refractivity contribution in [3.8, 4) is 0 Å². The molecule has 0 aliphatic heterocycles. The van der Waals surface area contributed by atoms with Gasteiger partial charge in [0.25, 0.3) is 5.09 Å². The minimum Gasteiger partial charge on any atom is -0.333 e. The molecule has 0 atom stereocenters. The second kappa shape index (κ2) is 8.90. The smallest absolute Gasteiger partial charge is 0.291 e. The summed E-state index contributed by atoms with van der Waals surface area (Å²) in [5, 5.41) is 13.6. The van der Waals surface area contributed by atoms with Gasteiger partial charge in [-0.25, -0.2) is 0 Å². The van der Waals surface area contributed by atoms with Gasteiger partial charge in [-0.2, -0.15) is 0 Å². The summed E-state index contributed by atoms with van der Waals surface area (Å²) in [5.74, 6) is 0. The highest BCUT2D eigenvalue weighted by molar-refractivity contribution is 3.83. The fourth-order valence-corrected chi connectivity index (χ4v) is 0. The minimum absolute atomic E-state index is 1.50. The maximum absolute atomic E-state index is 8.36. The molecule has 5 nitrogen and oxygen atoms in total. The minimum atomic E-state index is -1.50. The predicted molar refractivity (Wildman–Crippen MR) is 18.9 cm³/mol. The summed E-state index contributed by atoms with van der Waals surface area (Å²) in [5.41, 5.74) is 4.50. The van der Waals surface area contributed by atoms with Crippen molar-refractivity contribution in [1.29, 1.82) is 0 Å². The summed E-state index contributed by atoms with van der Waals surface area (Å²) in [4.78, 5) is 8.36. The molecule has 0 saturated heterocycles. The van der Waals surface area contributed by atoms with E-state index in [9.17, 15) is 0 Å². The van der Waals surface area contributed by atoms with Crippen LogP contribution in [-0.2, 0) is 0 Å². The first-order valence-corrected chi connectivity index (χ1v) is 1.14. The molecule has 3 N–H and O–H groups in total. The van der Waals surface area contributed by atoms with E-state index in [-0.39, 0.29) is 0 Å². The molecule has 0 amide bonds. The highest BCUT2D eigenvalue weighted by atomic mass is 16.9. The zero-order valence-corrected chi connectivity index (χ0v) is 3.29. The molecule has 0 saturated carbocycles. The van der Waals surface area contributed by atoms with Crippen molar-refractivity contribution in [3.05, 3.63) is 10.1 Å². The van der Waals surface area contributed by atoms with Gasteiger partial charge in [0.1, 0.15) is 0 Å². The summed E-state index contributed by atoms with van der Waals surface area (Å²) < 4.78 is 0. The zero-order valence-electron chi connectivity index (χ0n) is 3.29. The van der Waals surface area contributed by atoms with Gasteiger partial charge in [0.15, 0.2) is 0 Å².